The Morgan fingerprint density at radius 3 is 1.25 bits per heavy atom. The SMILES string of the molecule is CN(C(C)(C)CC(C)(C)C)C(C)(C)C(C)(C)C(C)(C)C. The van der Waals surface area contributed by atoms with E-state index in [2.05, 4.69) is 95.0 Å². The van der Waals surface area contributed by atoms with Gasteiger partial charge in [-0.15, -0.1) is 0 Å². The molecule has 0 aromatic rings. The fraction of sp³-hybridized carbons (Fsp3) is 1.00. The second kappa shape index (κ2) is 5.30. The lowest BCUT2D eigenvalue weighted by Gasteiger charge is -2.59. The van der Waals surface area contributed by atoms with Crippen LogP contribution < -0.4 is 0 Å². The first kappa shape index (κ1) is 20.0. The lowest BCUT2D eigenvalue weighted by atomic mass is 9.58. The van der Waals surface area contributed by atoms with Crippen LogP contribution in [0.5, 0.6) is 0 Å². The Labute approximate surface area is 129 Å². The van der Waals surface area contributed by atoms with E-state index in [0.717, 1.165) is 0 Å². The molecule has 0 aromatic heterocycles. The fourth-order valence-electron chi connectivity index (χ4n) is 3.51. The molecule has 0 atom stereocenters. The van der Waals surface area contributed by atoms with E-state index < -0.39 is 0 Å². The van der Waals surface area contributed by atoms with E-state index in [1.165, 1.54) is 6.42 Å². The highest BCUT2D eigenvalue weighted by Crippen LogP contribution is 2.50. The first-order valence-corrected chi connectivity index (χ1v) is 8.10. The normalized spacial score (nSPS) is 15.9. The second-order valence-electron chi connectivity index (χ2n) is 10.5. The molecule has 0 aromatic carbocycles. The molecule has 0 saturated heterocycles. The molecule has 20 heavy (non-hydrogen) atoms. The van der Waals surface area contributed by atoms with E-state index in [-0.39, 0.29) is 21.9 Å². The van der Waals surface area contributed by atoms with Crippen molar-refractivity contribution in [2.24, 2.45) is 16.2 Å². The summed E-state index contributed by atoms with van der Waals surface area (Å²) in [4.78, 5) is 2.61. The molecule has 0 heterocycles. The molecule has 0 unspecified atom stereocenters. The van der Waals surface area contributed by atoms with Crippen LogP contribution in [-0.4, -0.2) is 23.0 Å². The first-order chi connectivity index (χ1) is 8.36. The highest BCUT2D eigenvalue weighted by atomic mass is 15.2. The van der Waals surface area contributed by atoms with Gasteiger partial charge in [0.05, 0.1) is 0 Å². The van der Waals surface area contributed by atoms with E-state index in [1.807, 2.05) is 0 Å². The van der Waals surface area contributed by atoms with E-state index in [4.69, 9.17) is 0 Å². The van der Waals surface area contributed by atoms with Gasteiger partial charge >= 0.3 is 0 Å². The molecule has 1 nitrogen and oxygen atoms in total. The topological polar surface area (TPSA) is 3.24 Å². The summed E-state index contributed by atoms with van der Waals surface area (Å²) in [6.45, 7) is 28.5. The van der Waals surface area contributed by atoms with Crippen molar-refractivity contribution >= 4 is 0 Å². The lowest BCUT2D eigenvalue weighted by Crippen LogP contribution is -2.63. The number of hydrogen-bond acceptors (Lipinski definition) is 1. The van der Waals surface area contributed by atoms with E-state index >= 15 is 0 Å². The maximum Gasteiger partial charge on any atom is 0.0211 e. The standard InChI is InChI=1S/C19H41N/c1-15(2,3)14-17(7,8)20(13)19(11,12)18(9,10)16(4,5)6/h14H2,1-13H3. The van der Waals surface area contributed by atoms with Gasteiger partial charge in [0.15, 0.2) is 0 Å². The molecule has 0 radical (unpaired) electrons. The summed E-state index contributed by atoms with van der Waals surface area (Å²) in [5, 5.41) is 0. The Bertz CT molecular complexity index is 321. The van der Waals surface area contributed by atoms with Crippen LogP contribution in [0.4, 0.5) is 0 Å². The zero-order valence-electron chi connectivity index (χ0n) is 16.7. The predicted molar refractivity (Wildman–Crippen MR) is 93.2 cm³/mol. The Balaban J connectivity index is 5.52. The Morgan fingerprint density at radius 1 is 0.650 bits per heavy atom. The average Bonchev–Trinajstić information content (AvgIpc) is 2.10. The summed E-state index contributed by atoms with van der Waals surface area (Å²) in [5.41, 5.74) is 1.14. The van der Waals surface area contributed by atoms with Gasteiger partial charge in [-0.3, -0.25) is 4.90 Å². The molecule has 122 valence electrons. The van der Waals surface area contributed by atoms with Crippen LogP contribution in [-0.2, 0) is 0 Å². The molecular weight excluding hydrogens is 242 g/mol. The van der Waals surface area contributed by atoms with Crippen molar-refractivity contribution in [3.63, 3.8) is 0 Å². The third kappa shape index (κ3) is 4.00. The van der Waals surface area contributed by atoms with Gasteiger partial charge in [-0.25, -0.2) is 0 Å². The van der Waals surface area contributed by atoms with Crippen molar-refractivity contribution in [1.29, 1.82) is 0 Å². The van der Waals surface area contributed by atoms with Crippen LogP contribution >= 0.6 is 0 Å². The van der Waals surface area contributed by atoms with E-state index in [0.29, 0.717) is 5.41 Å². The highest BCUT2D eigenvalue weighted by Gasteiger charge is 2.50. The Hall–Kier alpha value is -0.0400. The van der Waals surface area contributed by atoms with Gasteiger partial charge in [0.1, 0.15) is 0 Å². The molecule has 0 aliphatic heterocycles. The monoisotopic (exact) mass is 283 g/mol. The van der Waals surface area contributed by atoms with Gasteiger partial charge in [-0.1, -0.05) is 55.4 Å². The summed E-state index contributed by atoms with van der Waals surface area (Å²) in [7, 11) is 2.30. The summed E-state index contributed by atoms with van der Waals surface area (Å²) in [6, 6.07) is 0. The highest BCUT2D eigenvalue weighted by molar-refractivity contribution is 5.04. The quantitative estimate of drug-likeness (QED) is 0.613. The van der Waals surface area contributed by atoms with Gasteiger partial charge in [-0.2, -0.15) is 0 Å². The molecule has 0 aliphatic rings. The molecule has 1 heteroatoms. The number of nitrogens with zero attached hydrogens (tertiary/aromatic N) is 1. The lowest BCUT2D eigenvalue weighted by molar-refractivity contribution is -0.0924. The van der Waals surface area contributed by atoms with Gasteiger partial charge in [0.2, 0.25) is 0 Å². The van der Waals surface area contributed by atoms with Crippen molar-refractivity contribution in [3.05, 3.63) is 0 Å². The van der Waals surface area contributed by atoms with Crippen molar-refractivity contribution in [2.45, 2.75) is 101 Å². The molecular formula is C19H41N. The van der Waals surface area contributed by atoms with Crippen LogP contribution in [0.15, 0.2) is 0 Å². The average molecular weight is 284 g/mol. The summed E-state index contributed by atoms with van der Waals surface area (Å²) >= 11 is 0. The van der Waals surface area contributed by atoms with Gasteiger partial charge in [-0.05, 0) is 57.4 Å². The molecule has 0 bridgehead atoms. The summed E-state index contributed by atoms with van der Waals surface area (Å²) < 4.78 is 0. The van der Waals surface area contributed by atoms with Crippen LogP contribution in [0.3, 0.4) is 0 Å². The Morgan fingerprint density at radius 2 is 1.00 bits per heavy atom. The molecule has 0 rings (SSSR count). The van der Waals surface area contributed by atoms with Crippen molar-refractivity contribution < 1.29 is 0 Å². The first-order valence-electron chi connectivity index (χ1n) is 8.10. The zero-order chi connectivity index (χ0) is 16.8. The third-order valence-corrected chi connectivity index (χ3v) is 6.11. The molecule has 0 spiro atoms. The summed E-state index contributed by atoms with van der Waals surface area (Å²) in [5.74, 6) is 0. The molecule has 0 aliphatic carbocycles. The smallest absolute Gasteiger partial charge is 0.0211 e. The third-order valence-electron chi connectivity index (χ3n) is 6.11. The minimum absolute atomic E-state index is 0.125. The van der Waals surface area contributed by atoms with Crippen molar-refractivity contribution in [2.75, 3.05) is 7.05 Å². The van der Waals surface area contributed by atoms with Crippen LogP contribution in [0.1, 0.15) is 89.5 Å². The van der Waals surface area contributed by atoms with Gasteiger partial charge in [0, 0.05) is 11.1 Å². The molecule has 0 N–H and O–H groups in total. The Kier molecular flexibility index (Phi) is 5.29. The molecule has 0 amide bonds. The van der Waals surface area contributed by atoms with Crippen molar-refractivity contribution in [3.8, 4) is 0 Å². The maximum atomic E-state index is 2.61. The van der Waals surface area contributed by atoms with Crippen LogP contribution in [0, 0.1) is 16.2 Å². The van der Waals surface area contributed by atoms with Gasteiger partial charge in [0.25, 0.3) is 0 Å². The van der Waals surface area contributed by atoms with Gasteiger partial charge < -0.3 is 0 Å². The number of rotatable bonds is 4. The summed E-state index contributed by atoms with van der Waals surface area (Å²) in [6.07, 6.45) is 1.19. The minimum atomic E-state index is 0.125. The second-order valence-corrected chi connectivity index (χ2v) is 10.5. The van der Waals surface area contributed by atoms with E-state index in [1.54, 1.807) is 0 Å². The zero-order valence-corrected chi connectivity index (χ0v) is 16.7. The van der Waals surface area contributed by atoms with Crippen LogP contribution in [0.25, 0.3) is 0 Å². The largest absolute Gasteiger partial charge is 0.296 e. The maximum absolute atomic E-state index is 2.61. The predicted octanol–water partition coefficient (Wildman–Crippen LogP) is 5.98. The van der Waals surface area contributed by atoms with E-state index in [9.17, 15) is 0 Å². The molecule has 0 saturated carbocycles. The van der Waals surface area contributed by atoms with Crippen LogP contribution in [0.2, 0.25) is 0 Å². The fourth-order valence-corrected chi connectivity index (χ4v) is 3.51. The van der Waals surface area contributed by atoms with Crippen molar-refractivity contribution in [1.82, 2.24) is 4.90 Å². The number of hydrogen-bond donors (Lipinski definition) is 0. The minimum Gasteiger partial charge on any atom is -0.296 e. The molecule has 0 fully saturated rings.